The van der Waals surface area contributed by atoms with Crippen LogP contribution >= 0.6 is 0 Å². The molecule has 2 aromatic heterocycles. The van der Waals surface area contributed by atoms with Gasteiger partial charge in [-0.2, -0.15) is 0 Å². The highest BCUT2D eigenvalue weighted by Crippen LogP contribution is 2.39. The lowest BCUT2D eigenvalue weighted by Crippen LogP contribution is -2.30. The minimum atomic E-state index is -0.0990. The number of ketones is 1. The molecular weight excluding hydrogens is 424 g/mol. The lowest BCUT2D eigenvalue weighted by Gasteiger charge is -2.31. The van der Waals surface area contributed by atoms with Crippen molar-refractivity contribution in [3.05, 3.63) is 105 Å². The van der Waals surface area contributed by atoms with Gasteiger partial charge in [-0.15, -0.1) is 0 Å². The minimum absolute atomic E-state index is 0.0745. The number of ether oxygens (including phenoxy) is 1. The van der Waals surface area contributed by atoms with Gasteiger partial charge in [0, 0.05) is 45.8 Å². The average molecular weight is 455 g/mol. The molecule has 0 aliphatic carbocycles. The SMILES string of the molecule is Cc1cc(C)c(CCC(=O)c2c(C3COC3)n(C(C)c3ccccc3)c3ccccc23)c(=O)[nH]1. The molecule has 1 unspecified atom stereocenters. The highest BCUT2D eigenvalue weighted by Gasteiger charge is 2.33. The van der Waals surface area contributed by atoms with E-state index in [1.807, 2.05) is 44.2 Å². The number of hydrogen-bond donors (Lipinski definition) is 1. The highest BCUT2D eigenvalue weighted by molar-refractivity contribution is 6.10. The number of pyridine rings is 1. The normalized spacial score (nSPS) is 14.8. The maximum Gasteiger partial charge on any atom is 0.251 e. The van der Waals surface area contributed by atoms with Crippen molar-refractivity contribution in [3.63, 3.8) is 0 Å². The van der Waals surface area contributed by atoms with Gasteiger partial charge in [0.25, 0.3) is 5.56 Å². The van der Waals surface area contributed by atoms with Crippen molar-refractivity contribution in [2.24, 2.45) is 0 Å². The molecule has 1 N–H and O–H groups in total. The summed E-state index contributed by atoms with van der Waals surface area (Å²) in [5, 5.41) is 0.978. The first kappa shape index (κ1) is 22.4. The highest BCUT2D eigenvalue weighted by atomic mass is 16.5. The number of benzene rings is 2. The number of hydrogen-bond acceptors (Lipinski definition) is 3. The van der Waals surface area contributed by atoms with Gasteiger partial charge in [0.1, 0.15) is 0 Å². The fourth-order valence-corrected chi connectivity index (χ4v) is 5.22. The Morgan fingerprint density at radius 3 is 2.47 bits per heavy atom. The quantitative estimate of drug-likeness (QED) is 0.376. The topological polar surface area (TPSA) is 64.1 Å². The van der Waals surface area contributed by atoms with Gasteiger partial charge in [-0.3, -0.25) is 9.59 Å². The lowest BCUT2D eigenvalue weighted by atomic mass is 9.93. The van der Waals surface area contributed by atoms with Crippen LogP contribution in [0.5, 0.6) is 0 Å². The summed E-state index contributed by atoms with van der Waals surface area (Å²) in [6, 6.07) is 20.6. The molecule has 1 aliphatic heterocycles. The van der Waals surface area contributed by atoms with Crippen LogP contribution in [-0.4, -0.2) is 28.5 Å². The Labute approximate surface area is 199 Å². The Kier molecular flexibility index (Phi) is 5.96. The Balaban J connectivity index is 1.60. The molecular formula is C29H30N2O3. The van der Waals surface area contributed by atoms with E-state index in [9.17, 15) is 9.59 Å². The average Bonchev–Trinajstić information content (AvgIpc) is 3.11. The van der Waals surface area contributed by atoms with E-state index in [0.717, 1.165) is 33.4 Å². The lowest BCUT2D eigenvalue weighted by molar-refractivity contribution is 0.00498. The summed E-state index contributed by atoms with van der Waals surface area (Å²) in [5.74, 6) is 0.263. The maximum absolute atomic E-state index is 13.8. The number of carbonyl (C=O) groups is 1. The van der Waals surface area contributed by atoms with Crippen molar-refractivity contribution in [1.29, 1.82) is 0 Å². The van der Waals surface area contributed by atoms with Gasteiger partial charge in [-0.05, 0) is 50.5 Å². The molecule has 5 nitrogen and oxygen atoms in total. The summed E-state index contributed by atoms with van der Waals surface area (Å²) in [5.41, 5.74) is 6.46. The van der Waals surface area contributed by atoms with Crippen LogP contribution < -0.4 is 5.56 Å². The van der Waals surface area contributed by atoms with E-state index in [-0.39, 0.29) is 23.3 Å². The summed E-state index contributed by atoms with van der Waals surface area (Å²) in [6.45, 7) is 7.24. The molecule has 5 heteroatoms. The minimum Gasteiger partial charge on any atom is -0.380 e. The molecule has 1 atom stereocenters. The Bertz CT molecular complexity index is 1410. The summed E-state index contributed by atoms with van der Waals surface area (Å²) >= 11 is 0. The van der Waals surface area contributed by atoms with Crippen LogP contribution in [0.15, 0.2) is 65.5 Å². The van der Waals surface area contributed by atoms with Gasteiger partial charge < -0.3 is 14.3 Å². The van der Waals surface area contributed by atoms with Crippen molar-refractivity contribution >= 4 is 16.7 Å². The number of fused-ring (bicyclic) bond motifs is 1. The zero-order chi connectivity index (χ0) is 23.8. The van der Waals surface area contributed by atoms with E-state index in [1.54, 1.807) is 0 Å². The van der Waals surface area contributed by atoms with Crippen molar-refractivity contribution in [1.82, 2.24) is 9.55 Å². The largest absolute Gasteiger partial charge is 0.380 e. The number of aromatic nitrogens is 2. The van der Waals surface area contributed by atoms with Crippen LogP contribution in [0.4, 0.5) is 0 Å². The Morgan fingerprint density at radius 2 is 1.79 bits per heavy atom. The van der Waals surface area contributed by atoms with Gasteiger partial charge in [-0.1, -0.05) is 48.5 Å². The summed E-state index contributed by atoms with van der Waals surface area (Å²) in [6.07, 6.45) is 0.718. The monoisotopic (exact) mass is 454 g/mol. The summed E-state index contributed by atoms with van der Waals surface area (Å²) in [4.78, 5) is 29.2. The molecule has 0 saturated carbocycles. The van der Waals surface area contributed by atoms with Gasteiger partial charge in [0.15, 0.2) is 5.78 Å². The molecule has 4 aromatic rings. The van der Waals surface area contributed by atoms with E-state index in [1.165, 1.54) is 5.56 Å². The standard InChI is InChI=1S/C29H30N2O3/c1-18-15-19(2)30-29(33)23(18)13-14-26(32)27-24-11-7-8-12-25(24)31(28(27)22-16-34-17-22)20(3)21-9-5-4-6-10-21/h4-12,15,20,22H,13-14,16-17H2,1-3H3,(H,30,33). The summed E-state index contributed by atoms with van der Waals surface area (Å²) in [7, 11) is 0. The second-order valence-corrected chi connectivity index (χ2v) is 9.33. The van der Waals surface area contributed by atoms with Crippen LogP contribution in [0.2, 0.25) is 0 Å². The molecule has 1 saturated heterocycles. The third-order valence-electron chi connectivity index (χ3n) is 7.02. The van der Waals surface area contributed by atoms with E-state index in [2.05, 4.69) is 46.8 Å². The van der Waals surface area contributed by atoms with Crippen molar-refractivity contribution in [2.45, 2.75) is 45.6 Å². The molecule has 0 amide bonds. The molecule has 174 valence electrons. The molecule has 1 fully saturated rings. The predicted molar refractivity (Wildman–Crippen MR) is 135 cm³/mol. The van der Waals surface area contributed by atoms with Gasteiger partial charge in [0.2, 0.25) is 0 Å². The first-order valence-electron chi connectivity index (χ1n) is 11.9. The number of carbonyl (C=O) groups excluding carboxylic acids is 1. The van der Waals surface area contributed by atoms with Gasteiger partial charge in [0.05, 0.1) is 19.3 Å². The van der Waals surface area contributed by atoms with Crippen LogP contribution in [0, 0.1) is 13.8 Å². The van der Waals surface area contributed by atoms with Gasteiger partial charge >= 0.3 is 0 Å². The first-order chi connectivity index (χ1) is 16.5. The second-order valence-electron chi connectivity index (χ2n) is 9.33. The molecule has 5 rings (SSSR count). The summed E-state index contributed by atoms with van der Waals surface area (Å²) < 4.78 is 7.89. The van der Waals surface area contributed by atoms with E-state index < -0.39 is 0 Å². The number of rotatable bonds is 7. The second kappa shape index (κ2) is 9.07. The molecule has 34 heavy (non-hydrogen) atoms. The number of nitrogens with one attached hydrogen (secondary N) is 1. The third kappa shape index (κ3) is 3.90. The number of H-pyrrole nitrogens is 1. The molecule has 1 aliphatic rings. The fourth-order valence-electron chi connectivity index (χ4n) is 5.22. The van der Waals surface area contributed by atoms with Crippen LogP contribution in [0.3, 0.4) is 0 Å². The zero-order valence-electron chi connectivity index (χ0n) is 19.9. The predicted octanol–water partition coefficient (Wildman–Crippen LogP) is 5.49. The molecule has 3 heterocycles. The first-order valence-corrected chi connectivity index (χ1v) is 11.9. The molecule has 0 radical (unpaired) electrons. The zero-order valence-corrected chi connectivity index (χ0v) is 19.9. The Morgan fingerprint density at radius 1 is 1.09 bits per heavy atom. The maximum atomic E-state index is 13.8. The number of Topliss-reactive ketones (excluding diaryl/α,β-unsaturated/α-hetero) is 1. The number of para-hydroxylation sites is 1. The van der Waals surface area contributed by atoms with Crippen molar-refractivity contribution < 1.29 is 9.53 Å². The van der Waals surface area contributed by atoms with E-state index >= 15 is 0 Å². The van der Waals surface area contributed by atoms with Gasteiger partial charge in [-0.25, -0.2) is 0 Å². The van der Waals surface area contributed by atoms with Crippen LogP contribution in [0.25, 0.3) is 10.9 Å². The van der Waals surface area contributed by atoms with Crippen LogP contribution in [-0.2, 0) is 11.2 Å². The van der Waals surface area contributed by atoms with Crippen molar-refractivity contribution in [2.75, 3.05) is 13.2 Å². The van der Waals surface area contributed by atoms with Crippen molar-refractivity contribution in [3.8, 4) is 0 Å². The molecule has 0 spiro atoms. The Hall–Kier alpha value is -3.44. The smallest absolute Gasteiger partial charge is 0.251 e. The number of aromatic amines is 1. The molecule has 0 bridgehead atoms. The number of nitrogens with zero attached hydrogens (tertiary/aromatic N) is 1. The number of aryl methyl sites for hydroxylation is 2. The van der Waals surface area contributed by atoms with E-state index in [4.69, 9.17) is 4.74 Å². The molecule has 2 aromatic carbocycles. The van der Waals surface area contributed by atoms with E-state index in [0.29, 0.717) is 31.6 Å². The fraction of sp³-hybridized carbons (Fsp3) is 0.310. The third-order valence-corrected chi connectivity index (χ3v) is 7.02. The van der Waals surface area contributed by atoms with Crippen LogP contribution in [0.1, 0.15) is 63.7 Å².